The second-order valence-electron chi connectivity index (χ2n) is 7.25. The number of rotatable bonds is 8. The van der Waals surface area contributed by atoms with Crippen molar-refractivity contribution in [2.75, 3.05) is 32.4 Å². The number of methoxy groups -OCH3 is 3. The molecule has 1 heterocycles. The number of carbonyl (C=O) groups is 3. The van der Waals surface area contributed by atoms with Gasteiger partial charge in [-0.2, -0.15) is 5.26 Å². The quantitative estimate of drug-likeness (QED) is 0.371. The summed E-state index contributed by atoms with van der Waals surface area (Å²) in [6.45, 7) is 0. The number of esters is 1. The van der Waals surface area contributed by atoms with Gasteiger partial charge in [-0.05, 0) is 45.8 Å². The number of ether oxygens (including phenoxy) is 3. The molecule has 2 aromatic rings. The molecule has 0 saturated heterocycles. The number of allylic oxidation sites excluding steroid dienone is 1. The topological polar surface area (TPSA) is 127 Å². The van der Waals surface area contributed by atoms with E-state index in [1.54, 1.807) is 42.5 Å². The molecule has 0 aromatic heterocycles. The van der Waals surface area contributed by atoms with Crippen LogP contribution in [0.15, 0.2) is 57.5 Å². The summed E-state index contributed by atoms with van der Waals surface area (Å²) in [6.07, 6.45) is 0. The lowest BCUT2D eigenvalue weighted by molar-refractivity contribution is -0.150. The zero-order chi connectivity index (χ0) is 25.5. The van der Waals surface area contributed by atoms with Crippen LogP contribution in [0.5, 0.6) is 11.5 Å². The number of benzene rings is 2. The van der Waals surface area contributed by atoms with Gasteiger partial charge in [0.25, 0.3) is 0 Å². The number of hydrogen-bond donors (Lipinski definition) is 2. The number of para-hydroxylation sites is 2. The summed E-state index contributed by atoms with van der Waals surface area (Å²) >= 11 is 4.39. The largest absolute Gasteiger partial charge is 0.496 e. The molecule has 2 N–H and O–H groups in total. The lowest BCUT2D eigenvalue weighted by atomic mass is 9.78. The molecule has 9 nitrogen and oxygen atoms in total. The van der Waals surface area contributed by atoms with Crippen LogP contribution >= 0.6 is 27.7 Å². The van der Waals surface area contributed by atoms with Crippen LogP contribution in [0.3, 0.4) is 0 Å². The van der Waals surface area contributed by atoms with Gasteiger partial charge in [-0.15, -0.1) is 0 Å². The van der Waals surface area contributed by atoms with Gasteiger partial charge in [0.1, 0.15) is 17.4 Å². The molecule has 1 aliphatic rings. The minimum atomic E-state index is -1.28. The number of hydrogen-bond acceptors (Lipinski definition) is 8. The Labute approximate surface area is 214 Å². The fourth-order valence-electron chi connectivity index (χ4n) is 3.63. The summed E-state index contributed by atoms with van der Waals surface area (Å²) in [7, 11) is 4.19. The minimum Gasteiger partial charge on any atom is -0.496 e. The summed E-state index contributed by atoms with van der Waals surface area (Å²) in [6, 6.07) is 14.1. The lowest BCUT2D eigenvalue weighted by Gasteiger charge is -2.31. The number of nitrogens with zero attached hydrogens (tertiary/aromatic N) is 1. The number of thioether (sulfide) groups is 1. The molecule has 2 amide bonds. The van der Waals surface area contributed by atoms with Gasteiger partial charge in [-0.1, -0.05) is 30.0 Å². The molecule has 182 valence electrons. The Morgan fingerprint density at radius 1 is 1.14 bits per heavy atom. The average Bonchev–Trinajstić information content (AvgIpc) is 2.86. The monoisotopic (exact) mass is 559 g/mol. The predicted molar refractivity (Wildman–Crippen MR) is 134 cm³/mol. The number of nitriles is 1. The molecule has 0 fully saturated rings. The van der Waals surface area contributed by atoms with Crippen molar-refractivity contribution in [2.45, 2.75) is 5.92 Å². The van der Waals surface area contributed by atoms with Crippen molar-refractivity contribution < 1.29 is 28.6 Å². The Kier molecular flexibility index (Phi) is 8.78. The number of carbonyl (C=O) groups excluding carboxylic acids is 3. The van der Waals surface area contributed by atoms with Gasteiger partial charge in [-0.3, -0.25) is 14.4 Å². The lowest BCUT2D eigenvalue weighted by Crippen LogP contribution is -2.44. The Morgan fingerprint density at radius 2 is 1.86 bits per heavy atom. The number of nitrogens with one attached hydrogen (secondary N) is 2. The normalized spacial score (nSPS) is 17.2. The molecular formula is C24H22BrN3O6S. The molecule has 2 aromatic carbocycles. The van der Waals surface area contributed by atoms with E-state index in [1.807, 2.05) is 0 Å². The van der Waals surface area contributed by atoms with Crippen molar-refractivity contribution in [3.05, 3.63) is 63.1 Å². The molecule has 1 aliphatic heterocycles. The van der Waals surface area contributed by atoms with Crippen molar-refractivity contribution in [3.63, 3.8) is 0 Å². The van der Waals surface area contributed by atoms with Crippen LogP contribution in [-0.4, -0.2) is 44.9 Å². The second kappa shape index (κ2) is 11.8. The minimum absolute atomic E-state index is 0.0965. The van der Waals surface area contributed by atoms with E-state index >= 15 is 0 Å². The average molecular weight is 560 g/mol. The smallest absolute Gasteiger partial charge is 0.319 e. The molecule has 3 rings (SSSR count). The van der Waals surface area contributed by atoms with Crippen molar-refractivity contribution in [2.24, 2.45) is 5.92 Å². The van der Waals surface area contributed by atoms with Crippen LogP contribution in [0.2, 0.25) is 0 Å². The van der Waals surface area contributed by atoms with E-state index in [-0.39, 0.29) is 22.3 Å². The first-order chi connectivity index (χ1) is 16.8. The number of anilines is 1. The van der Waals surface area contributed by atoms with E-state index in [0.717, 1.165) is 11.8 Å². The standard InChI is InChI=1S/C24H22BrN3O6S/c1-32-17-9-8-13(10-15(17)25)20-14(11-26)23(28-22(30)21(20)24(31)34-3)35-12-19(29)27-16-6-4-5-7-18(16)33-2/h4-10,20-21H,12H2,1-3H3,(H,27,29)(H,28,30)/t20-,21-/m1/s1. The van der Waals surface area contributed by atoms with Gasteiger partial charge < -0.3 is 24.8 Å². The van der Waals surface area contributed by atoms with E-state index < -0.39 is 23.7 Å². The van der Waals surface area contributed by atoms with Crippen LogP contribution in [-0.2, 0) is 19.1 Å². The van der Waals surface area contributed by atoms with Crippen LogP contribution < -0.4 is 20.1 Å². The Morgan fingerprint density at radius 3 is 2.49 bits per heavy atom. The maximum atomic E-state index is 13.0. The molecule has 0 spiro atoms. The van der Waals surface area contributed by atoms with Crippen LogP contribution in [0, 0.1) is 17.2 Å². The highest BCUT2D eigenvalue weighted by Crippen LogP contribution is 2.42. The highest BCUT2D eigenvalue weighted by atomic mass is 79.9. The van der Waals surface area contributed by atoms with Gasteiger partial charge in [0.2, 0.25) is 11.8 Å². The summed E-state index contributed by atoms with van der Waals surface area (Å²) < 4.78 is 15.9. The Bertz CT molecular complexity index is 1230. The second-order valence-corrected chi connectivity index (χ2v) is 9.09. The Hall–Kier alpha value is -3.49. The molecule has 2 atom stereocenters. The fraction of sp³-hybridized carbons (Fsp3) is 0.250. The molecular weight excluding hydrogens is 538 g/mol. The molecule has 0 radical (unpaired) electrons. The first-order valence-electron chi connectivity index (χ1n) is 10.3. The van der Waals surface area contributed by atoms with Gasteiger partial charge in [-0.25, -0.2) is 0 Å². The van der Waals surface area contributed by atoms with E-state index in [2.05, 4.69) is 32.6 Å². The third kappa shape index (κ3) is 5.78. The zero-order valence-electron chi connectivity index (χ0n) is 19.1. The molecule has 0 unspecified atom stereocenters. The van der Waals surface area contributed by atoms with Crippen molar-refractivity contribution >= 4 is 51.2 Å². The third-order valence-electron chi connectivity index (χ3n) is 5.25. The summed E-state index contributed by atoms with van der Waals surface area (Å²) in [4.78, 5) is 38.1. The van der Waals surface area contributed by atoms with E-state index in [9.17, 15) is 19.6 Å². The van der Waals surface area contributed by atoms with Crippen molar-refractivity contribution in [3.8, 4) is 17.6 Å². The van der Waals surface area contributed by atoms with Crippen LogP contribution in [0.4, 0.5) is 5.69 Å². The third-order valence-corrected chi connectivity index (χ3v) is 6.88. The van der Waals surface area contributed by atoms with E-state index in [1.165, 1.54) is 21.3 Å². The first-order valence-corrected chi connectivity index (χ1v) is 12.0. The summed E-state index contributed by atoms with van der Waals surface area (Å²) in [5.41, 5.74) is 1.18. The maximum Gasteiger partial charge on any atom is 0.319 e. The Balaban J connectivity index is 1.93. The van der Waals surface area contributed by atoms with Crippen molar-refractivity contribution in [1.29, 1.82) is 5.26 Å². The highest BCUT2D eigenvalue weighted by Gasteiger charge is 2.44. The van der Waals surface area contributed by atoms with E-state index in [4.69, 9.17) is 14.2 Å². The van der Waals surface area contributed by atoms with Gasteiger partial charge in [0, 0.05) is 5.92 Å². The molecule has 0 aliphatic carbocycles. The number of amides is 2. The molecule has 0 saturated carbocycles. The maximum absolute atomic E-state index is 13.0. The predicted octanol–water partition coefficient (Wildman–Crippen LogP) is 3.58. The van der Waals surface area contributed by atoms with Gasteiger partial charge in [0.05, 0.1) is 53.9 Å². The fourth-order valence-corrected chi connectivity index (χ4v) is 5.03. The highest BCUT2D eigenvalue weighted by molar-refractivity contribution is 9.10. The summed E-state index contributed by atoms with van der Waals surface area (Å²) in [5.74, 6) is -3.00. The van der Waals surface area contributed by atoms with Crippen LogP contribution in [0.25, 0.3) is 0 Å². The first kappa shape index (κ1) is 26.1. The SMILES string of the molecule is COC(=O)[C@H]1C(=O)NC(SCC(=O)Nc2ccccc2OC)=C(C#N)[C@H]1c1ccc(OC)c(Br)c1. The molecule has 35 heavy (non-hydrogen) atoms. The van der Waals surface area contributed by atoms with Gasteiger partial charge >= 0.3 is 5.97 Å². The van der Waals surface area contributed by atoms with Gasteiger partial charge in [0.15, 0.2) is 0 Å². The zero-order valence-corrected chi connectivity index (χ0v) is 21.5. The molecule has 11 heteroatoms. The summed E-state index contributed by atoms with van der Waals surface area (Å²) in [5, 5.41) is 15.6. The van der Waals surface area contributed by atoms with Crippen molar-refractivity contribution in [1.82, 2.24) is 5.32 Å². The van der Waals surface area contributed by atoms with E-state index in [0.29, 0.717) is 27.2 Å². The molecule has 0 bridgehead atoms. The van der Waals surface area contributed by atoms with Crippen LogP contribution in [0.1, 0.15) is 11.5 Å². The number of halogens is 1.